The lowest BCUT2D eigenvalue weighted by Gasteiger charge is -2.18. The van der Waals surface area contributed by atoms with Gasteiger partial charge in [-0.25, -0.2) is 0 Å². The molecule has 0 aliphatic rings. The largest absolute Gasteiger partial charge is 0.464 e. The normalized spacial score (nSPS) is 11.9. The smallest absolute Gasteiger partial charge is 0.229 e. The van der Waals surface area contributed by atoms with Crippen LogP contribution in [0.5, 0.6) is 0 Å². The van der Waals surface area contributed by atoms with Crippen LogP contribution in [-0.2, 0) is 16.8 Å². The molecule has 0 fully saturated rings. The van der Waals surface area contributed by atoms with Crippen molar-refractivity contribution in [2.75, 3.05) is 5.32 Å². The van der Waals surface area contributed by atoms with Crippen LogP contribution in [0.4, 0.5) is 5.69 Å². The first-order chi connectivity index (χ1) is 11.3. The van der Waals surface area contributed by atoms with Crippen LogP contribution in [0.1, 0.15) is 37.5 Å². The molecule has 2 aromatic heterocycles. The third-order valence-corrected chi connectivity index (χ3v) is 4.25. The highest BCUT2D eigenvalue weighted by Crippen LogP contribution is 2.27. The Labute approximate surface area is 141 Å². The number of fused-ring (bicyclic) bond motifs is 1. The van der Waals surface area contributed by atoms with Crippen molar-refractivity contribution in [1.82, 2.24) is 9.78 Å². The molecule has 2 heterocycles. The van der Waals surface area contributed by atoms with Gasteiger partial charge < -0.3 is 9.73 Å². The third-order valence-electron chi connectivity index (χ3n) is 4.25. The maximum absolute atomic E-state index is 12.3. The highest BCUT2D eigenvalue weighted by atomic mass is 16.3. The van der Waals surface area contributed by atoms with Crippen molar-refractivity contribution in [1.29, 1.82) is 0 Å². The number of carbonyl (C=O) groups excluding carboxylic acids is 1. The van der Waals surface area contributed by atoms with Gasteiger partial charge in [0.1, 0.15) is 5.58 Å². The van der Waals surface area contributed by atoms with E-state index in [-0.39, 0.29) is 17.9 Å². The van der Waals surface area contributed by atoms with E-state index < -0.39 is 0 Å². The quantitative estimate of drug-likeness (QED) is 0.786. The summed E-state index contributed by atoms with van der Waals surface area (Å²) in [6.07, 6.45) is 5.47. The van der Waals surface area contributed by atoms with E-state index in [0.717, 1.165) is 22.1 Å². The SMILES string of the molecule is Cc1ccc2c(CC(=O)Nc3cnn(C(C)(C)C)c3)coc2c1C. The van der Waals surface area contributed by atoms with Crippen LogP contribution in [-0.4, -0.2) is 15.7 Å². The Morgan fingerprint density at radius 2 is 2.04 bits per heavy atom. The van der Waals surface area contributed by atoms with Gasteiger partial charge in [-0.1, -0.05) is 12.1 Å². The van der Waals surface area contributed by atoms with E-state index >= 15 is 0 Å². The van der Waals surface area contributed by atoms with E-state index in [1.165, 1.54) is 5.56 Å². The molecule has 1 N–H and O–H groups in total. The van der Waals surface area contributed by atoms with Crippen molar-refractivity contribution in [3.8, 4) is 0 Å². The first-order valence-corrected chi connectivity index (χ1v) is 8.07. The Kier molecular flexibility index (Phi) is 3.95. The maximum Gasteiger partial charge on any atom is 0.229 e. The number of hydrogen-bond acceptors (Lipinski definition) is 3. The van der Waals surface area contributed by atoms with Gasteiger partial charge in [-0.05, 0) is 45.7 Å². The van der Waals surface area contributed by atoms with Crippen molar-refractivity contribution in [2.45, 2.75) is 46.6 Å². The van der Waals surface area contributed by atoms with E-state index in [2.05, 4.69) is 44.2 Å². The Balaban J connectivity index is 1.76. The number of aromatic nitrogens is 2. The molecular formula is C19H23N3O2. The van der Waals surface area contributed by atoms with Crippen molar-refractivity contribution < 1.29 is 9.21 Å². The highest BCUT2D eigenvalue weighted by molar-refractivity contribution is 5.95. The number of furan rings is 1. The molecule has 0 atom stereocenters. The average molecular weight is 325 g/mol. The zero-order valence-corrected chi connectivity index (χ0v) is 14.8. The number of carbonyl (C=O) groups is 1. The first kappa shape index (κ1) is 16.3. The van der Waals surface area contributed by atoms with E-state index in [0.29, 0.717) is 5.69 Å². The van der Waals surface area contributed by atoms with Crippen LogP contribution in [0, 0.1) is 13.8 Å². The zero-order chi connectivity index (χ0) is 17.5. The number of amides is 1. The van der Waals surface area contributed by atoms with Crippen LogP contribution in [0.2, 0.25) is 0 Å². The van der Waals surface area contributed by atoms with Crippen LogP contribution in [0.25, 0.3) is 11.0 Å². The van der Waals surface area contributed by atoms with Crippen molar-refractivity contribution >= 4 is 22.6 Å². The number of aryl methyl sites for hydroxylation is 2. The van der Waals surface area contributed by atoms with Crippen LogP contribution in [0.3, 0.4) is 0 Å². The molecule has 0 aliphatic heterocycles. The standard InChI is InChI=1S/C19H23N3O2/c1-12-6-7-16-14(11-24-18(16)13(12)2)8-17(23)21-15-9-20-22(10-15)19(3,4)5/h6-7,9-11H,8H2,1-5H3,(H,21,23). The number of anilines is 1. The van der Waals surface area contributed by atoms with Crippen molar-refractivity contribution in [2.24, 2.45) is 0 Å². The number of hydrogen-bond donors (Lipinski definition) is 1. The van der Waals surface area contributed by atoms with Gasteiger partial charge >= 0.3 is 0 Å². The molecule has 1 amide bonds. The van der Waals surface area contributed by atoms with E-state index in [1.54, 1.807) is 12.5 Å². The Morgan fingerprint density at radius 1 is 1.29 bits per heavy atom. The molecule has 0 unspecified atom stereocenters. The summed E-state index contributed by atoms with van der Waals surface area (Å²) >= 11 is 0. The third kappa shape index (κ3) is 3.07. The fraction of sp³-hybridized carbons (Fsp3) is 0.368. The summed E-state index contributed by atoms with van der Waals surface area (Å²) < 4.78 is 7.50. The molecule has 0 radical (unpaired) electrons. The van der Waals surface area contributed by atoms with Gasteiger partial charge in [-0.2, -0.15) is 5.10 Å². The summed E-state index contributed by atoms with van der Waals surface area (Å²) in [6, 6.07) is 4.07. The lowest BCUT2D eigenvalue weighted by molar-refractivity contribution is -0.115. The summed E-state index contributed by atoms with van der Waals surface area (Å²) in [5, 5.41) is 8.19. The Bertz CT molecular complexity index is 897. The summed E-state index contributed by atoms with van der Waals surface area (Å²) in [6.45, 7) is 10.3. The summed E-state index contributed by atoms with van der Waals surface area (Å²) in [5.41, 5.74) is 4.65. The summed E-state index contributed by atoms with van der Waals surface area (Å²) in [7, 11) is 0. The average Bonchev–Trinajstić information content (AvgIpc) is 3.10. The Morgan fingerprint density at radius 3 is 2.71 bits per heavy atom. The molecule has 126 valence electrons. The summed E-state index contributed by atoms with van der Waals surface area (Å²) in [5.74, 6) is -0.0793. The molecule has 0 saturated heterocycles. The lowest BCUT2D eigenvalue weighted by Crippen LogP contribution is -2.22. The van der Waals surface area contributed by atoms with E-state index in [9.17, 15) is 4.79 Å². The molecule has 0 aliphatic carbocycles. The van der Waals surface area contributed by atoms with Crippen LogP contribution < -0.4 is 5.32 Å². The van der Waals surface area contributed by atoms with Gasteiger partial charge in [-0.15, -0.1) is 0 Å². The minimum Gasteiger partial charge on any atom is -0.464 e. The van der Waals surface area contributed by atoms with Gasteiger partial charge in [0.05, 0.1) is 30.1 Å². The molecule has 1 aromatic carbocycles. The molecule has 0 bridgehead atoms. The predicted molar refractivity (Wildman–Crippen MR) is 95.2 cm³/mol. The van der Waals surface area contributed by atoms with Gasteiger partial charge in [0.15, 0.2) is 0 Å². The molecular weight excluding hydrogens is 302 g/mol. The summed E-state index contributed by atoms with van der Waals surface area (Å²) in [4.78, 5) is 12.3. The zero-order valence-electron chi connectivity index (χ0n) is 14.8. The fourth-order valence-corrected chi connectivity index (χ4v) is 2.66. The fourth-order valence-electron chi connectivity index (χ4n) is 2.66. The minimum absolute atomic E-state index is 0.0793. The van der Waals surface area contributed by atoms with Gasteiger partial charge in [-0.3, -0.25) is 9.48 Å². The molecule has 5 nitrogen and oxygen atoms in total. The molecule has 3 aromatic rings. The first-order valence-electron chi connectivity index (χ1n) is 8.07. The van der Waals surface area contributed by atoms with Crippen LogP contribution in [0.15, 0.2) is 35.2 Å². The second kappa shape index (κ2) is 5.82. The van der Waals surface area contributed by atoms with Crippen molar-refractivity contribution in [3.63, 3.8) is 0 Å². The number of nitrogens with zero attached hydrogens (tertiary/aromatic N) is 2. The molecule has 24 heavy (non-hydrogen) atoms. The Hall–Kier alpha value is -2.56. The number of rotatable bonds is 3. The van der Waals surface area contributed by atoms with E-state index in [1.807, 2.05) is 23.9 Å². The topological polar surface area (TPSA) is 60.1 Å². The number of benzene rings is 1. The lowest BCUT2D eigenvalue weighted by atomic mass is 10.0. The van der Waals surface area contributed by atoms with Crippen molar-refractivity contribution in [3.05, 3.63) is 47.5 Å². The molecule has 0 spiro atoms. The second-order valence-corrected chi connectivity index (χ2v) is 7.21. The highest BCUT2D eigenvalue weighted by Gasteiger charge is 2.16. The molecule has 3 rings (SSSR count). The van der Waals surface area contributed by atoms with Crippen LogP contribution >= 0.6 is 0 Å². The maximum atomic E-state index is 12.3. The molecule has 0 saturated carbocycles. The molecule has 5 heteroatoms. The van der Waals surface area contributed by atoms with Gasteiger partial charge in [0, 0.05) is 17.1 Å². The second-order valence-electron chi connectivity index (χ2n) is 7.21. The van der Waals surface area contributed by atoms with E-state index in [4.69, 9.17) is 4.42 Å². The van der Waals surface area contributed by atoms with Gasteiger partial charge in [0.25, 0.3) is 0 Å². The van der Waals surface area contributed by atoms with Gasteiger partial charge in [0.2, 0.25) is 5.91 Å². The minimum atomic E-state index is -0.112. The monoisotopic (exact) mass is 325 g/mol. The number of nitrogens with one attached hydrogen (secondary N) is 1. The predicted octanol–water partition coefficient (Wildman–Crippen LogP) is 4.18.